The maximum Gasteiger partial charge on any atom is 0.347 e. The predicted octanol–water partition coefficient (Wildman–Crippen LogP) is 2.84. The number of rotatable bonds is 7. The largest absolute Gasteiger partial charge is 0.479 e. The van der Waals surface area contributed by atoms with Gasteiger partial charge in [-0.2, -0.15) is 0 Å². The molecule has 28 heavy (non-hydrogen) atoms. The molecule has 0 aliphatic carbocycles. The first-order chi connectivity index (χ1) is 13.3. The van der Waals surface area contributed by atoms with E-state index in [1.54, 1.807) is 43.0 Å². The zero-order valence-electron chi connectivity index (χ0n) is 16.4. The average molecular weight is 412 g/mol. The Morgan fingerprint density at radius 2 is 1.86 bits per heavy atom. The molecule has 0 aromatic heterocycles. The van der Waals surface area contributed by atoms with Crippen LogP contribution in [-0.4, -0.2) is 54.7 Å². The van der Waals surface area contributed by atoms with Crippen molar-refractivity contribution in [2.45, 2.75) is 45.8 Å². The van der Waals surface area contributed by atoms with Crippen molar-refractivity contribution in [3.05, 3.63) is 29.3 Å². The van der Waals surface area contributed by atoms with Crippen molar-refractivity contribution in [1.29, 1.82) is 0 Å². The van der Waals surface area contributed by atoms with E-state index in [-0.39, 0.29) is 17.8 Å². The van der Waals surface area contributed by atoms with Crippen LogP contribution in [0.25, 0.3) is 0 Å². The molecule has 0 N–H and O–H groups in total. The molecule has 154 valence electrons. The van der Waals surface area contributed by atoms with Crippen molar-refractivity contribution in [2.75, 3.05) is 19.7 Å². The molecular weight excluding hydrogens is 386 g/mol. The topological polar surface area (TPSA) is 82.1 Å². The first-order valence-corrected chi connectivity index (χ1v) is 9.77. The normalized spacial score (nSPS) is 16.8. The maximum absolute atomic E-state index is 12.5. The number of likely N-dealkylation sites (tertiary alicyclic amines) is 1. The lowest BCUT2D eigenvalue weighted by atomic mass is 9.97. The molecule has 0 radical (unpaired) electrons. The van der Waals surface area contributed by atoms with E-state index in [1.165, 1.54) is 6.92 Å². The second-order valence-electron chi connectivity index (χ2n) is 6.65. The number of piperidine rings is 1. The van der Waals surface area contributed by atoms with Gasteiger partial charge in [0.1, 0.15) is 5.75 Å². The highest BCUT2D eigenvalue weighted by Crippen LogP contribution is 2.21. The molecule has 0 bridgehead atoms. The molecule has 0 saturated carbocycles. The SMILES string of the molecule is CCOC(=O)C1CCN(C(=O)C(C)OC(=O)C(C)Oc2cccc(Cl)c2)CC1. The number of benzene rings is 1. The molecule has 1 aromatic rings. The fourth-order valence-electron chi connectivity index (χ4n) is 2.97. The highest BCUT2D eigenvalue weighted by atomic mass is 35.5. The first kappa shape index (κ1) is 22.0. The Labute approximate surface area is 169 Å². The number of ether oxygens (including phenoxy) is 3. The van der Waals surface area contributed by atoms with Crippen LogP contribution in [0.2, 0.25) is 5.02 Å². The second-order valence-corrected chi connectivity index (χ2v) is 7.08. The van der Waals surface area contributed by atoms with E-state index in [2.05, 4.69) is 0 Å². The summed E-state index contributed by atoms with van der Waals surface area (Å²) >= 11 is 5.89. The summed E-state index contributed by atoms with van der Waals surface area (Å²) in [6, 6.07) is 6.68. The van der Waals surface area contributed by atoms with Gasteiger partial charge in [-0.15, -0.1) is 0 Å². The number of hydrogen-bond acceptors (Lipinski definition) is 6. The molecule has 1 heterocycles. The molecule has 0 spiro atoms. The van der Waals surface area contributed by atoms with Gasteiger partial charge in [0.25, 0.3) is 5.91 Å². The van der Waals surface area contributed by atoms with Crippen LogP contribution in [0.5, 0.6) is 5.75 Å². The van der Waals surface area contributed by atoms with Crippen LogP contribution in [0.15, 0.2) is 24.3 Å². The second kappa shape index (κ2) is 10.3. The van der Waals surface area contributed by atoms with Gasteiger partial charge in [0.05, 0.1) is 12.5 Å². The van der Waals surface area contributed by atoms with Crippen LogP contribution in [0.4, 0.5) is 0 Å². The summed E-state index contributed by atoms with van der Waals surface area (Å²) in [5.41, 5.74) is 0. The molecule has 1 fully saturated rings. The highest BCUT2D eigenvalue weighted by molar-refractivity contribution is 6.30. The molecule has 1 saturated heterocycles. The van der Waals surface area contributed by atoms with Crippen LogP contribution in [0, 0.1) is 5.92 Å². The zero-order chi connectivity index (χ0) is 20.7. The van der Waals surface area contributed by atoms with Crippen LogP contribution >= 0.6 is 11.6 Å². The van der Waals surface area contributed by atoms with Crippen molar-refractivity contribution < 1.29 is 28.6 Å². The third kappa shape index (κ3) is 6.12. The van der Waals surface area contributed by atoms with Crippen molar-refractivity contribution in [1.82, 2.24) is 4.90 Å². The van der Waals surface area contributed by atoms with Gasteiger partial charge in [-0.3, -0.25) is 9.59 Å². The van der Waals surface area contributed by atoms with E-state index in [0.717, 1.165) is 0 Å². The van der Waals surface area contributed by atoms with Crippen LogP contribution < -0.4 is 4.74 Å². The van der Waals surface area contributed by atoms with E-state index in [9.17, 15) is 14.4 Å². The summed E-state index contributed by atoms with van der Waals surface area (Å²) in [5.74, 6) is -0.890. The summed E-state index contributed by atoms with van der Waals surface area (Å²) in [6.07, 6.45) is -0.737. The Balaban J connectivity index is 1.81. The average Bonchev–Trinajstić information content (AvgIpc) is 2.67. The Morgan fingerprint density at radius 3 is 2.46 bits per heavy atom. The van der Waals surface area contributed by atoms with Gasteiger partial charge in [-0.25, -0.2) is 4.79 Å². The van der Waals surface area contributed by atoms with Gasteiger partial charge in [0.15, 0.2) is 12.2 Å². The van der Waals surface area contributed by atoms with E-state index in [1.807, 2.05) is 0 Å². The fourth-order valence-corrected chi connectivity index (χ4v) is 3.15. The molecular formula is C20H26ClNO6. The monoisotopic (exact) mass is 411 g/mol. The van der Waals surface area contributed by atoms with Gasteiger partial charge in [0, 0.05) is 18.1 Å². The Morgan fingerprint density at radius 1 is 1.18 bits per heavy atom. The summed E-state index contributed by atoms with van der Waals surface area (Å²) in [6.45, 7) is 6.05. The lowest BCUT2D eigenvalue weighted by Crippen LogP contribution is -2.46. The predicted molar refractivity (Wildman–Crippen MR) is 103 cm³/mol. The quantitative estimate of drug-likeness (QED) is 0.641. The minimum absolute atomic E-state index is 0.187. The smallest absolute Gasteiger partial charge is 0.347 e. The van der Waals surface area contributed by atoms with Crippen LogP contribution in [0.3, 0.4) is 0 Å². The molecule has 8 heteroatoms. The Bertz CT molecular complexity index is 702. The van der Waals surface area contributed by atoms with Crippen LogP contribution in [-0.2, 0) is 23.9 Å². The highest BCUT2D eigenvalue weighted by Gasteiger charge is 2.32. The minimum atomic E-state index is -0.933. The molecule has 1 aliphatic rings. The van der Waals surface area contributed by atoms with Crippen molar-refractivity contribution >= 4 is 29.4 Å². The number of halogens is 1. The first-order valence-electron chi connectivity index (χ1n) is 9.40. The molecule has 1 aromatic carbocycles. The fraction of sp³-hybridized carbons (Fsp3) is 0.550. The molecule has 1 amide bonds. The van der Waals surface area contributed by atoms with E-state index in [4.69, 9.17) is 25.8 Å². The van der Waals surface area contributed by atoms with Gasteiger partial charge >= 0.3 is 11.9 Å². The number of carbonyl (C=O) groups excluding carboxylic acids is 3. The molecule has 2 rings (SSSR count). The van der Waals surface area contributed by atoms with Gasteiger partial charge < -0.3 is 19.1 Å². The maximum atomic E-state index is 12.5. The third-order valence-electron chi connectivity index (χ3n) is 4.51. The summed E-state index contributed by atoms with van der Waals surface area (Å²) in [4.78, 5) is 38.2. The van der Waals surface area contributed by atoms with Crippen molar-refractivity contribution in [3.63, 3.8) is 0 Å². The van der Waals surface area contributed by atoms with Gasteiger partial charge in [-0.1, -0.05) is 17.7 Å². The summed E-state index contributed by atoms with van der Waals surface area (Å²) < 4.78 is 15.8. The number of nitrogens with zero attached hydrogens (tertiary/aromatic N) is 1. The van der Waals surface area contributed by atoms with Crippen molar-refractivity contribution in [2.24, 2.45) is 5.92 Å². The van der Waals surface area contributed by atoms with Gasteiger partial charge in [0.2, 0.25) is 0 Å². The number of amides is 1. The molecule has 2 unspecified atom stereocenters. The van der Waals surface area contributed by atoms with E-state index in [0.29, 0.717) is 43.3 Å². The van der Waals surface area contributed by atoms with Crippen molar-refractivity contribution in [3.8, 4) is 5.75 Å². The lowest BCUT2D eigenvalue weighted by molar-refractivity contribution is -0.165. The van der Waals surface area contributed by atoms with Gasteiger partial charge in [-0.05, 0) is 51.8 Å². The standard InChI is InChI=1S/C20H26ClNO6/c1-4-26-20(25)15-8-10-22(11-9-15)18(23)13(2)28-19(24)14(3)27-17-7-5-6-16(21)12-17/h5-7,12-15H,4,8-11H2,1-3H3. The lowest BCUT2D eigenvalue weighted by Gasteiger charge is -2.32. The number of hydrogen-bond donors (Lipinski definition) is 0. The van der Waals surface area contributed by atoms with Crippen LogP contribution in [0.1, 0.15) is 33.6 Å². The third-order valence-corrected chi connectivity index (χ3v) is 4.74. The number of esters is 2. The zero-order valence-corrected chi connectivity index (χ0v) is 17.1. The number of carbonyl (C=O) groups is 3. The Hall–Kier alpha value is -2.28. The molecule has 7 nitrogen and oxygen atoms in total. The molecule has 1 aliphatic heterocycles. The van der Waals surface area contributed by atoms with E-state index >= 15 is 0 Å². The summed E-state index contributed by atoms with van der Waals surface area (Å²) in [7, 11) is 0. The van der Waals surface area contributed by atoms with E-state index < -0.39 is 18.2 Å². The Kier molecular flexibility index (Phi) is 8.11. The summed E-state index contributed by atoms with van der Waals surface area (Å²) in [5, 5.41) is 0.493. The minimum Gasteiger partial charge on any atom is -0.479 e. The molecule has 2 atom stereocenters.